The number of anilines is 5. The molecular formula is C23H17F3N6O. The van der Waals surface area contributed by atoms with E-state index < -0.39 is 17.6 Å². The van der Waals surface area contributed by atoms with E-state index in [2.05, 4.69) is 30.9 Å². The first-order valence-electron chi connectivity index (χ1n) is 9.73. The van der Waals surface area contributed by atoms with Crippen molar-refractivity contribution in [3.05, 3.63) is 96.4 Å². The highest BCUT2D eigenvalue weighted by Gasteiger charge is 2.30. The summed E-state index contributed by atoms with van der Waals surface area (Å²) in [6, 6.07) is 18.0. The van der Waals surface area contributed by atoms with Crippen molar-refractivity contribution in [2.45, 2.75) is 6.18 Å². The number of amides is 1. The summed E-state index contributed by atoms with van der Waals surface area (Å²) in [5.74, 6) is 1.25. The van der Waals surface area contributed by atoms with Gasteiger partial charge in [0.1, 0.15) is 23.8 Å². The molecule has 0 bridgehead atoms. The minimum absolute atomic E-state index is 0.124. The van der Waals surface area contributed by atoms with E-state index >= 15 is 0 Å². The molecule has 0 radical (unpaired) electrons. The summed E-state index contributed by atoms with van der Waals surface area (Å²) in [4.78, 5) is 24.8. The fraction of sp³-hybridized carbons (Fsp3) is 0.0435. The van der Waals surface area contributed by atoms with E-state index in [0.29, 0.717) is 28.8 Å². The largest absolute Gasteiger partial charge is 0.416 e. The molecule has 0 unspecified atom stereocenters. The molecule has 2 heterocycles. The highest BCUT2D eigenvalue weighted by Crippen LogP contribution is 2.29. The molecule has 0 aliphatic rings. The second-order valence-electron chi connectivity index (χ2n) is 6.86. The number of carbonyl (C=O) groups excluding carboxylic acids is 1. The molecule has 4 aromatic rings. The summed E-state index contributed by atoms with van der Waals surface area (Å²) < 4.78 is 38.0. The molecule has 0 spiro atoms. The lowest BCUT2D eigenvalue weighted by Gasteiger charge is -2.10. The number of hydrogen-bond donors (Lipinski definition) is 3. The van der Waals surface area contributed by atoms with E-state index in [9.17, 15) is 18.0 Å². The average molecular weight is 450 g/mol. The van der Waals surface area contributed by atoms with Crippen LogP contribution in [-0.2, 0) is 6.18 Å². The van der Waals surface area contributed by atoms with Gasteiger partial charge in [-0.15, -0.1) is 0 Å². The van der Waals surface area contributed by atoms with Crippen LogP contribution in [0.5, 0.6) is 0 Å². The number of halogens is 3. The van der Waals surface area contributed by atoms with Gasteiger partial charge in [0.15, 0.2) is 0 Å². The van der Waals surface area contributed by atoms with E-state index in [-0.39, 0.29) is 5.56 Å². The first-order valence-corrected chi connectivity index (χ1v) is 9.73. The van der Waals surface area contributed by atoms with E-state index in [1.807, 2.05) is 18.2 Å². The Hall–Kier alpha value is -4.47. The molecule has 0 aliphatic heterocycles. The van der Waals surface area contributed by atoms with E-state index in [0.717, 1.165) is 24.3 Å². The Morgan fingerprint density at radius 1 is 0.727 bits per heavy atom. The van der Waals surface area contributed by atoms with Crippen molar-refractivity contribution in [3.8, 4) is 0 Å². The lowest BCUT2D eigenvalue weighted by atomic mass is 10.1. The highest BCUT2D eigenvalue weighted by atomic mass is 19.4. The Balaban J connectivity index is 1.37. The van der Waals surface area contributed by atoms with Gasteiger partial charge in [-0.2, -0.15) is 13.2 Å². The van der Waals surface area contributed by atoms with Gasteiger partial charge in [-0.1, -0.05) is 6.07 Å². The number of aromatic nitrogens is 3. The van der Waals surface area contributed by atoms with Gasteiger partial charge in [0.2, 0.25) is 0 Å². The van der Waals surface area contributed by atoms with Crippen molar-refractivity contribution in [1.29, 1.82) is 0 Å². The third kappa shape index (κ3) is 5.82. The van der Waals surface area contributed by atoms with Crippen LogP contribution < -0.4 is 16.0 Å². The number of alkyl halides is 3. The SMILES string of the molecule is O=C(Nc1ccc(Nc2cc(Nc3ccccn3)ncn2)cc1)c1ccc(C(F)(F)F)cc1. The molecule has 0 aliphatic carbocycles. The van der Waals surface area contributed by atoms with Gasteiger partial charge in [-0.3, -0.25) is 4.79 Å². The monoisotopic (exact) mass is 450 g/mol. The number of carbonyl (C=O) groups is 1. The topological polar surface area (TPSA) is 91.8 Å². The molecule has 4 rings (SSSR count). The molecule has 0 saturated carbocycles. The molecule has 0 saturated heterocycles. The van der Waals surface area contributed by atoms with Crippen LogP contribution in [0, 0.1) is 0 Å². The highest BCUT2D eigenvalue weighted by molar-refractivity contribution is 6.04. The summed E-state index contributed by atoms with van der Waals surface area (Å²) in [6.45, 7) is 0. The Kier molecular flexibility index (Phi) is 6.16. The molecule has 10 heteroatoms. The molecule has 3 N–H and O–H groups in total. The maximum atomic E-state index is 12.7. The molecular weight excluding hydrogens is 433 g/mol. The van der Waals surface area contributed by atoms with Crippen molar-refractivity contribution < 1.29 is 18.0 Å². The Morgan fingerprint density at radius 3 is 2.03 bits per heavy atom. The number of benzene rings is 2. The van der Waals surface area contributed by atoms with Gasteiger partial charge in [0.05, 0.1) is 5.56 Å². The minimum Gasteiger partial charge on any atom is -0.340 e. The van der Waals surface area contributed by atoms with Crippen LogP contribution in [0.3, 0.4) is 0 Å². The maximum Gasteiger partial charge on any atom is 0.416 e. The van der Waals surface area contributed by atoms with E-state index in [1.165, 1.54) is 6.33 Å². The van der Waals surface area contributed by atoms with Crippen LogP contribution in [0.2, 0.25) is 0 Å². The second kappa shape index (κ2) is 9.35. The van der Waals surface area contributed by atoms with Crippen LogP contribution in [-0.4, -0.2) is 20.9 Å². The lowest BCUT2D eigenvalue weighted by Crippen LogP contribution is -2.12. The molecule has 7 nitrogen and oxygen atoms in total. The van der Waals surface area contributed by atoms with Crippen LogP contribution >= 0.6 is 0 Å². The van der Waals surface area contributed by atoms with Crippen molar-refractivity contribution in [2.75, 3.05) is 16.0 Å². The Morgan fingerprint density at radius 2 is 1.39 bits per heavy atom. The fourth-order valence-corrected chi connectivity index (χ4v) is 2.86. The number of rotatable bonds is 6. The molecule has 166 valence electrons. The summed E-state index contributed by atoms with van der Waals surface area (Å²) >= 11 is 0. The second-order valence-corrected chi connectivity index (χ2v) is 6.86. The van der Waals surface area contributed by atoms with Crippen molar-refractivity contribution in [2.24, 2.45) is 0 Å². The molecule has 2 aromatic carbocycles. The number of pyridine rings is 1. The van der Waals surface area contributed by atoms with Crippen LogP contribution in [0.1, 0.15) is 15.9 Å². The minimum atomic E-state index is -4.45. The fourth-order valence-electron chi connectivity index (χ4n) is 2.86. The van der Waals surface area contributed by atoms with Gasteiger partial charge in [0.25, 0.3) is 5.91 Å². The van der Waals surface area contributed by atoms with Crippen molar-refractivity contribution in [3.63, 3.8) is 0 Å². The predicted molar refractivity (Wildman–Crippen MR) is 119 cm³/mol. The standard InChI is InChI=1S/C23H17F3N6O/c24-23(25,26)16-6-4-15(5-7-16)22(33)31-18-10-8-17(9-11-18)30-20-13-21(29-14-28-20)32-19-3-1-2-12-27-19/h1-14H,(H,31,33)(H2,27,28,29,30,32). The smallest absolute Gasteiger partial charge is 0.340 e. The third-order valence-corrected chi connectivity index (χ3v) is 4.48. The van der Waals surface area contributed by atoms with Gasteiger partial charge >= 0.3 is 6.18 Å². The van der Waals surface area contributed by atoms with E-state index in [4.69, 9.17) is 0 Å². The predicted octanol–water partition coefficient (Wildman–Crippen LogP) is 5.63. The molecule has 1 amide bonds. The zero-order valence-corrected chi connectivity index (χ0v) is 17.0. The Labute approximate surface area is 186 Å². The Bertz CT molecular complexity index is 1230. The van der Waals surface area contributed by atoms with Gasteiger partial charge in [0, 0.05) is 29.2 Å². The first kappa shape index (κ1) is 21.8. The van der Waals surface area contributed by atoms with Crippen molar-refractivity contribution >= 4 is 34.7 Å². The lowest BCUT2D eigenvalue weighted by molar-refractivity contribution is -0.137. The van der Waals surface area contributed by atoms with Gasteiger partial charge in [-0.25, -0.2) is 15.0 Å². The first-order chi connectivity index (χ1) is 15.9. The number of hydrogen-bond acceptors (Lipinski definition) is 6. The van der Waals surface area contributed by atoms with Crippen LogP contribution in [0.25, 0.3) is 0 Å². The third-order valence-electron chi connectivity index (χ3n) is 4.48. The van der Waals surface area contributed by atoms with Crippen molar-refractivity contribution in [1.82, 2.24) is 15.0 Å². The zero-order chi connectivity index (χ0) is 23.3. The molecule has 33 heavy (non-hydrogen) atoms. The average Bonchev–Trinajstić information content (AvgIpc) is 2.81. The summed E-state index contributed by atoms with van der Waals surface area (Å²) in [6.07, 6.45) is -1.37. The van der Waals surface area contributed by atoms with E-state index in [1.54, 1.807) is 36.5 Å². The number of nitrogens with one attached hydrogen (secondary N) is 3. The van der Waals surface area contributed by atoms with Crippen LogP contribution in [0.4, 0.5) is 42.0 Å². The normalized spacial score (nSPS) is 11.0. The van der Waals surface area contributed by atoms with Crippen LogP contribution in [0.15, 0.2) is 85.3 Å². The molecule has 0 atom stereocenters. The number of nitrogens with zero attached hydrogens (tertiary/aromatic N) is 3. The zero-order valence-electron chi connectivity index (χ0n) is 17.0. The molecule has 2 aromatic heterocycles. The summed E-state index contributed by atoms with van der Waals surface area (Å²) in [5, 5.41) is 8.86. The summed E-state index contributed by atoms with van der Waals surface area (Å²) in [7, 11) is 0. The maximum absolute atomic E-state index is 12.7. The van der Waals surface area contributed by atoms with Gasteiger partial charge < -0.3 is 16.0 Å². The van der Waals surface area contributed by atoms with Gasteiger partial charge in [-0.05, 0) is 60.7 Å². The molecule has 0 fully saturated rings. The quantitative estimate of drug-likeness (QED) is 0.353. The summed E-state index contributed by atoms with van der Waals surface area (Å²) in [5.41, 5.74) is 0.521.